The fourth-order valence-electron chi connectivity index (χ4n) is 15.5. The third kappa shape index (κ3) is 5.59. The Labute approximate surface area is 322 Å². The molecule has 2 N–H and O–H groups in total. The number of hydrogen-bond donors (Lipinski definition) is 1. The van der Waals surface area contributed by atoms with Crippen molar-refractivity contribution in [2.45, 2.75) is 170 Å². The molecule has 5 aliphatic carbocycles. The lowest BCUT2D eigenvalue weighted by atomic mass is 9.32. The summed E-state index contributed by atoms with van der Waals surface area (Å²) < 4.78 is 20.2. The Morgan fingerprint density at radius 3 is 2.20 bits per heavy atom. The van der Waals surface area contributed by atoms with Gasteiger partial charge in [-0.25, -0.2) is 15.0 Å². The summed E-state index contributed by atoms with van der Waals surface area (Å²) >= 11 is 0. The highest BCUT2D eigenvalue weighted by molar-refractivity contribution is 5.81. The Bertz CT molecular complexity index is 1780. The van der Waals surface area contributed by atoms with Crippen molar-refractivity contribution >= 4 is 28.9 Å². The van der Waals surface area contributed by atoms with Gasteiger partial charge in [0.1, 0.15) is 17.9 Å². The van der Waals surface area contributed by atoms with Gasteiger partial charge < -0.3 is 19.9 Å². The summed E-state index contributed by atoms with van der Waals surface area (Å²) in [6, 6.07) is 0. The van der Waals surface area contributed by atoms with Crippen LogP contribution in [-0.4, -0.2) is 49.8 Å². The minimum atomic E-state index is -0.861. The maximum Gasteiger partial charge on any atom is 0.303 e. The second-order valence-electron chi connectivity index (χ2n) is 20.7. The number of nitrogens with two attached hydrogens (primary N) is 1. The first-order valence-electron chi connectivity index (χ1n) is 21.4. The van der Waals surface area contributed by atoms with Gasteiger partial charge in [-0.1, -0.05) is 54.9 Å². The Hall–Kier alpha value is -2.75. The number of fused-ring (bicyclic) bond motifs is 8. The van der Waals surface area contributed by atoms with E-state index >= 15 is 0 Å². The molecule has 0 aromatic carbocycles. The second-order valence-corrected chi connectivity index (χ2v) is 20.7. The average molecular weight is 746 g/mol. The van der Waals surface area contributed by atoms with Gasteiger partial charge in [0.2, 0.25) is 0 Å². The predicted octanol–water partition coefficient (Wildman–Crippen LogP) is 9.08. The number of nitrogens with zero attached hydrogens (tertiary/aromatic N) is 4. The summed E-state index contributed by atoms with van der Waals surface area (Å²) in [7, 11) is 0. The number of carbonyl (C=O) groups is 2. The van der Waals surface area contributed by atoms with Gasteiger partial charge in [-0.2, -0.15) is 0 Å². The third-order valence-corrected chi connectivity index (χ3v) is 18.0. The van der Waals surface area contributed by atoms with Crippen LogP contribution in [0.5, 0.6) is 0 Å². The summed E-state index contributed by atoms with van der Waals surface area (Å²) in [6.45, 7) is 21.3. The number of esters is 2. The van der Waals surface area contributed by atoms with Gasteiger partial charge >= 0.3 is 11.9 Å². The van der Waals surface area contributed by atoms with E-state index in [1.165, 1.54) is 90.8 Å². The minimum absolute atomic E-state index is 0.256. The molecule has 10 nitrogen and oxygen atoms in total. The number of carbonyl (C=O) groups excluding carboxylic acids is 2. The molecule has 6 fully saturated rings. The molecule has 298 valence electrons. The Morgan fingerprint density at radius 2 is 1.50 bits per heavy atom. The summed E-state index contributed by atoms with van der Waals surface area (Å²) in [6.07, 6.45) is 16.9. The van der Waals surface area contributed by atoms with Gasteiger partial charge in [0.05, 0.1) is 6.33 Å². The molecular weight excluding hydrogens is 679 g/mol. The maximum absolute atomic E-state index is 12.5. The first-order valence-corrected chi connectivity index (χ1v) is 21.4. The van der Waals surface area contributed by atoms with Crippen molar-refractivity contribution < 1.29 is 23.8 Å². The van der Waals surface area contributed by atoms with Crippen molar-refractivity contribution in [3.05, 3.63) is 12.7 Å². The molecule has 2 aromatic heterocycles. The lowest BCUT2D eigenvalue weighted by Crippen LogP contribution is -2.65. The quantitative estimate of drug-likeness (QED) is 0.276. The van der Waals surface area contributed by atoms with E-state index in [2.05, 4.69) is 63.4 Å². The highest BCUT2D eigenvalue weighted by atomic mass is 16.6. The van der Waals surface area contributed by atoms with E-state index in [1.54, 1.807) is 10.9 Å². The third-order valence-electron chi connectivity index (χ3n) is 18.0. The highest BCUT2D eigenvalue weighted by Gasteiger charge is 2.70. The van der Waals surface area contributed by atoms with E-state index in [0.29, 0.717) is 56.5 Å². The molecule has 1 aliphatic heterocycles. The number of ether oxygens (including phenoxy) is 3. The van der Waals surface area contributed by atoms with Crippen LogP contribution in [-0.2, 0) is 23.8 Å². The lowest BCUT2D eigenvalue weighted by Gasteiger charge is -2.73. The van der Waals surface area contributed by atoms with Crippen LogP contribution in [0.15, 0.2) is 12.7 Å². The molecule has 3 heterocycles. The van der Waals surface area contributed by atoms with Crippen LogP contribution in [0.25, 0.3) is 11.2 Å². The van der Waals surface area contributed by atoms with Gasteiger partial charge in [-0.15, -0.1) is 0 Å². The summed E-state index contributed by atoms with van der Waals surface area (Å²) in [5.74, 6) is 3.69. The van der Waals surface area contributed by atoms with Crippen molar-refractivity contribution in [1.82, 2.24) is 19.5 Å². The van der Waals surface area contributed by atoms with Crippen LogP contribution >= 0.6 is 0 Å². The zero-order valence-electron chi connectivity index (χ0n) is 34.5. The molecule has 8 rings (SSSR count). The van der Waals surface area contributed by atoms with Crippen molar-refractivity contribution in [1.29, 1.82) is 0 Å². The smallest absolute Gasteiger partial charge is 0.303 e. The van der Waals surface area contributed by atoms with E-state index in [1.807, 2.05) is 0 Å². The largest absolute Gasteiger partial charge is 0.456 e. The molecular formula is C44H67N5O5. The van der Waals surface area contributed by atoms with Crippen molar-refractivity contribution in [3.8, 4) is 0 Å². The molecule has 0 amide bonds. The summed E-state index contributed by atoms with van der Waals surface area (Å²) in [4.78, 5) is 37.8. The number of hydrogen-bond acceptors (Lipinski definition) is 9. The maximum atomic E-state index is 12.5. The van der Waals surface area contributed by atoms with Crippen LogP contribution in [0, 0.1) is 62.6 Å². The fraction of sp³-hybridized carbons (Fsp3) is 0.841. The van der Waals surface area contributed by atoms with Crippen LogP contribution in [0.3, 0.4) is 0 Å². The fourth-order valence-corrected chi connectivity index (χ4v) is 15.5. The van der Waals surface area contributed by atoms with Crippen molar-refractivity contribution in [2.24, 2.45) is 62.6 Å². The van der Waals surface area contributed by atoms with Gasteiger partial charge in [-0.3, -0.25) is 14.2 Å². The Kier molecular flexibility index (Phi) is 9.29. The Balaban J connectivity index is 0.998. The summed E-state index contributed by atoms with van der Waals surface area (Å²) in [5.41, 5.74) is 9.11. The van der Waals surface area contributed by atoms with Gasteiger partial charge in [-0.05, 0) is 140 Å². The molecule has 14 atom stereocenters. The molecule has 54 heavy (non-hydrogen) atoms. The SMILES string of the molecule is CC(=O)O[C@@H]1[C@H](OC(C)=O)[C@@H](CCC(C)[C@H]2CC[C@]3(C)[C@H]4CC[C@@H]5[C@@]6(C)CCCC(C)(C)[C@@H]6CC[C@@]5(C)[C@]4(C)CC[C@@H]23)O[C@H]1n1cnc2c(N)ncnc21. The zero-order chi connectivity index (χ0) is 38.6. The number of imidazole rings is 1. The van der Waals surface area contributed by atoms with E-state index < -0.39 is 36.5 Å². The molecule has 10 heteroatoms. The van der Waals surface area contributed by atoms with Crippen molar-refractivity contribution in [3.63, 3.8) is 0 Å². The average Bonchev–Trinajstić information content (AvgIpc) is 3.77. The number of rotatable bonds is 7. The van der Waals surface area contributed by atoms with E-state index in [0.717, 1.165) is 30.1 Å². The standard InChI is InChI=1S/C44H67N5O5/c1-25(11-12-30-35(52-26(2)50)36(53-27(3)51)39(54-30)49-24-48-34-37(45)46-23-47-38(34)49)28-15-20-41(6)29(28)16-21-43(8)32(41)13-14-33-42(7)19-10-18-40(4,5)31(42)17-22-44(33,43)9/h23-25,28-33,35-36,39H,10-22H2,1-9H3,(H2,45,46,47)/t25?,28-,29+,30-,31+,32-,33-,35-,36-,39-,41+,42+,43-,44-/m1/s1. The second kappa shape index (κ2) is 13.2. The monoisotopic (exact) mass is 746 g/mol. The lowest BCUT2D eigenvalue weighted by molar-refractivity contribution is -0.241. The predicted molar refractivity (Wildman–Crippen MR) is 208 cm³/mol. The molecule has 2 aromatic rings. The molecule has 6 aliphatic rings. The van der Waals surface area contributed by atoms with Crippen LogP contribution < -0.4 is 5.73 Å². The molecule has 1 unspecified atom stereocenters. The minimum Gasteiger partial charge on any atom is -0.456 e. The molecule has 1 saturated heterocycles. The highest BCUT2D eigenvalue weighted by Crippen LogP contribution is 2.78. The molecule has 5 saturated carbocycles. The molecule has 0 bridgehead atoms. The van der Waals surface area contributed by atoms with Crippen molar-refractivity contribution in [2.75, 3.05) is 5.73 Å². The first kappa shape index (κ1) is 38.1. The topological polar surface area (TPSA) is 131 Å². The van der Waals surface area contributed by atoms with Gasteiger partial charge in [0, 0.05) is 13.8 Å². The van der Waals surface area contributed by atoms with E-state index in [9.17, 15) is 9.59 Å². The summed E-state index contributed by atoms with van der Waals surface area (Å²) in [5, 5.41) is 0. The normalized spacial score (nSPS) is 44.4. The number of nitrogen functional groups attached to an aromatic ring is 1. The molecule has 0 spiro atoms. The zero-order valence-corrected chi connectivity index (χ0v) is 34.5. The van der Waals surface area contributed by atoms with Crippen LogP contribution in [0.2, 0.25) is 0 Å². The van der Waals surface area contributed by atoms with E-state index in [4.69, 9.17) is 19.9 Å². The number of anilines is 1. The van der Waals surface area contributed by atoms with E-state index in [-0.39, 0.29) is 5.82 Å². The molecule has 0 radical (unpaired) electrons. The van der Waals surface area contributed by atoms with Crippen LogP contribution in [0.4, 0.5) is 5.82 Å². The van der Waals surface area contributed by atoms with Gasteiger partial charge in [0.25, 0.3) is 0 Å². The van der Waals surface area contributed by atoms with Gasteiger partial charge in [0.15, 0.2) is 29.9 Å². The number of aromatic nitrogens is 4. The first-order chi connectivity index (χ1) is 25.4. The Morgan fingerprint density at radius 1 is 0.833 bits per heavy atom. The van der Waals surface area contributed by atoms with Crippen LogP contribution in [0.1, 0.15) is 152 Å².